The summed E-state index contributed by atoms with van der Waals surface area (Å²) in [5.74, 6) is -0.208. The van der Waals surface area contributed by atoms with Crippen molar-refractivity contribution >= 4 is 29.0 Å². The van der Waals surface area contributed by atoms with E-state index in [-0.39, 0.29) is 52.2 Å². The van der Waals surface area contributed by atoms with Gasteiger partial charge in [0.05, 0.1) is 11.1 Å². The van der Waals surface area contributed by atoms with Crippen molar-refractivity contribution < 1.29 is 9.90 Å². The lowest BCUT2D eigenvalue weighted by atomic mass is 9.98. The SMILES string of the molecule is N#Cc1c(Cl)nc(Cl)c(C#N)c1CC(=O)CCCO. The van der Waals surface area contributed by atoms with Gasteiger partial charge in [-0.3, -0.25) is 4.79 Å². The van der Waals surface area contributed by atoms with E-state index < -0.39 is 0 Å². The second-order valence-corrected chi connectivity index (χ2v) is 4.40. The molecule has 0 bridgehead atoms. The van der Waals surface area contributed by atoms with Crippen LogP contribution in [0, 0.1) is 22.7 Å². The maximum absolute atomic E-state index is 11.7. The van der Waals surface area contributed by atoms with E-state index in [1.54, 1.807) is 0 Å². The Labute approximate surface area is 120 Å². The largest absolute Gasteiger partial charge is 0.396 e. The average Bonchev–Trinajstić information content (AvgIpc) is 2.36. The van der Waals surface area contributed by atoms with Gasteiger partial charge in [-0.1, -0.05) is 23.2 Å². The molecule has 1 heterocycles. The molecule has 1 rings (SSSR count). The first-order valence-corrected chi connectivity index (χ1v) is 6.11. The Morgan fingerprint density at radius 2 is 1.74 bits per heavy atom. The molecule has 0 aliphatic carbocycles. The third-order valence-corrected chi connectivity index (χ3v) is 2.97. The maximum Gasteiger partial charge on any atom is 0.148 e. The lowest BCUT2D eigenvalue weighted by Crippen LogP contribution is -2.09. The molecule has 0 unspecified atom stereocenters. The van der Waals surface area contributed by atoms with Crippen LogP contribution < -0.4 is 0 Å². The van der Waals surface area contributed by atoms with Gasteiger partial charge in [-0.05, 0) is 6.42 Å². The molecule has 98 valence electrons. The minimum absolute atomic E-state index is 0.0139. The van der Waals surface area contributed by atoms with Gasteiger partial charge >= 0.3 is 0 Å². The number of aliphatic hydroxyl groups excluding tert-OH is 1. The molecule has 0 saturated heterocycles. The zero-order chi connectivity index (χ0) is 14.4. The molecular weight excluding hydrogens is 289 g/mol. The maximum atomic E-state index is 11.7. The van der Waals surface area contributed by atoms with Crippen molar-refractivity contribution in [3.63, 3.8) is 0 Å². The summed E-state index contributed by atoms with van der Waals surface area (Å²) in [5, 5.41) is 26.4. The fraction of sp³-hybridized carbons (Fsp3) is 0.333. The van der Waals surface area contributed by atoms with Crippen LogP contribution >= 0.6 is 23.2 Å². The summed E-state index contributed by atoms with van der Waals surface area (Å²) in [7, 11) is 0. The smallest absolute Gasteiger partial charge is 0.148 e. The van der Waals surface area contributed by atoms with Crippen molar-refractivity contribution in [3.8, 4) is 12.1 Å². The lowest BCUT2D eigenvalue weighted by molar-refractivity contribution is -0.118. The van der Waals surface area contributed by atoms with Gasteiger partial charge in [-0.25, -0.2) is 4.98 Å². The number of nitriles is 2. The summed E-state index contributed by atoms with van der Waals surface area (Å²) in [4.78, 5) is 15.4. The second kappa shape index (κ2) is 7.06. The Hall–Kier alpha value is -1.66. The highest BCUT2D eigenvalue weighted by atomic mass is 35.5. The number of aliphatic hydroxyl groups is 1. The summed E-state index contributed by atoms with van der Waals surface area (Å²) in [5.41, 5.74) is 0.165. The third-order valence-electron chi connectivity index (χ3n) is 2.42. The van der Waals surface area contributed by atoms with Crippen molar-refractivity contribution in [2.24, 2.45) is 0 Å². The van der Waals surface area contributed by atoms with Gasteiger partial charge in [0.1, 0.15) is 28.2 Å². The fourth-order valence-corrected chi connectivity index (χ4v) is 2.06. The second-order valence-electron chi connectivity index (χ2n) is 3.69. The third kappa shape index (κ3) is 3.65. The minimum atomic E-state index is -0.208. The molecule has 0 aliphatic heterocycles. The van der Waals surface area contributed by atoms with Crippen LogP contribution in [0.2, 0.25) is 10.3 Å². The van der Waals surface area contributed by atoms with Crippen molar-refractivity contribution in [1.29, 1.82) is 10.5 Å². The van der Waals surface area contributed by atoms with Gasteiger partial charge in [0.15, 0.2) is 0 Å². The van der Waals surface area contributed by atoms with Gasteiger partial charge in [-0.15, -0.1) is 0 Å². The topological polar surface area (TPSA) is 97.8 Å². The van der Waals surface area contributed by atoms with Gasteiger partial charge in [0, 0.05) is 25.0 Å². The molecule has 0 aromatic carbocycles. The van der Waals surface area contributed by atoms with Crippen LogP contribution in [0.1, 0.15) is 29.5 Å². The fourth-order valence-electron chi connectivity index (χ4n) is 1.54. The Balaban J connectivity index is 3.22. The first-order chi connectivity index (χ1) is 9.04. The van der Waals surface area contributed by atoms with Crippen molar-refractivity contribution in [3.05, 3.63) is 27.0 Å². The number of hydrogen-bond donors (Lipinski definition) is 1. The zero-order valence-electron chi connectivity index (χ0n) is 9.78. The molecule has 0 radical (unpaired) electrons. The van der Waals surface area contributed by atoms with Crippen LogP contribution in [-0.4, -0.2) is 22.5 Å². The van der Waals surface area contributed by atoms with Crippen molar-refractivity contribution in [1.82, 2.24) is 4.98 Å². The van der Waals surface area contributed by atoms with E-state index in [4.69, 9.17) is 38.8 Å². The highest BCUT2D eigenvalue weighted by Gasteiger charge is 2.20. The predicted octanol–water partition coefficient (Wildman–Crippen LogP) is 2.02. The van der Waals surface area contributed by atoms with Crippen molar-refractivity contribution in [2.75, 3.05) is 6.61 Å². The number of rotatable bonds is 5. The molecule has 0 aliphatic rings. The molecule has 1 N–H and O–H groups in total. The van der Waals surface area contributed by atoms with Crippen LogP contribution in [0.5, 0.6) is 0 Å². The number of carbonyl (C=O) groups is 1. The number of ketones is 1. The van der Waals surface area contributed by atoms with E-state index in [9.17, 15) is 4.79 Å². The van der Waals surface area contributed by atoms with Gasteiger partial charge in [0.2, 0.25) is 0 Å². The molecule has 19 heavy (non-hydrogen) atoms. The van der Waals surface area contributed by atoms with Crippen LogP contribution in [0.3, 0.4) is 0 Å². The number of carbonyl (C=O) groups excluding carboxylic acids is 1. The molecule has 0 amide bonds. The molecule has 1 aromatic heterocycles. The Morgan fingerprint density at radius 1 is 1.21 bits per heavy atom. The first-order valence-electron chi connectivity index (χ1n) is 5.35. The molecule has 0 saturated carbocycles. The molecule has 0 fully saturated rings. The van der Waals surface area contributed by atoms with E-state index >= 15 is 0 Å². The highest BCUT2D eigenvalue weighted by Crippen LogP contribution is 2.27. The predicted molar refractivity (Wildman–Crippen MR) is 68.7 cm³/mol. The summed E-state index contributed by atoms with van der Waals surface area (Å²) < 4.78 is 0. The molecule has 0 atom stereocenters. The molecule has 1 aromatic rings. The molecule has 7 heteroatoms. The number of aromatic nitrogens is 1. The summed E-state index contributed by atoms with van der Waals surface area (Å²) >= 11 is 11.5. The Morgan fingerprint density at radius 3 is 2.16 bits per heavy atom. The number of nitrogens with zero attached hydrogens (tertiary/aromatic N) is 3. The molecular formula is C12H9Cl2N3O2. The van der Waals surface area contributed by atoms with E-state index in [0.29, 0.717) is 6.42 Å². The van der Waals surface area contributed by atoms with Crippen LogP contribution in [0.15, 0.2) is 0 Å². The zero-order valence-corrected chi connectivity index (χ0v) is 11.3. The normalized spacial score (nSPS) is 9.74. The summed E-state index contributed by atoms with van der Waals surface area (Å²) in [6.07, 6.45) is 0.354. The number of hydrogen-bond acceptors (Lipinski definition) is 5. The molecule has 5 nitrogen and oxygen atoms in total. The van der Waals surface area contributed by atoms with Crippen molar-refractivity contribution in [2.45, 2.75) is 19.3 Å². The lowest BCUT2D eigenvalue weighted by Gasteiger charge is -2.08. The number of pyridine rings is 1. The van der Waals surface area contributed by atoms with E-state index in [0.717, 1.165) is 0 Å². The first kappa shape index (κ1) is 15.4. The quantitative estimate of drug-likeness (QED) is 0.838. The standard InChI is InChI=1S/C12H9Cl2N3O2/c13-11-9(5-15)8(4-7(19)2-1-3-18)10(6-16)12(14)17-11/h18H,1-4H2. The summed E-state index contributed by atoms with van der Waals surface area (Å²) in [6.45, 7) is -0.0974. The van der Waals surface area contributed by atoms with Gasteiger partial charge in [-0.2, -0.15) is 10.5 Å². The van der Waals surface area contributed by atoms with Crippen LogP contribution in [0.4, 0.5) is 0 Å². The minimum Gasteiger partial charge on any atom is -0.396 e. The molecule has 0 spiro atoms. The van der Waals surface area contributed by atoms with E-state index in [1.165, 1.54) is 0 Å². The van der Waals surface area contributed by atoms with Gasteiger partial charge in [0.25, 0.3) is 0 Å². The van der Waals surface area contributed by atoms with E-state index in [1.807, 2.05) is 12.1 Å². The van der Waals surface area contributed by atoms with Crippen LogP contribution in [-0.2, 0) is 11.2 Å². The van der Waals surface area contributed by atoms with E-state index in [2.05, 4.69) is 4.98 Å². The monoisotopic (exact) mass is 297 g/mol. The summed E-state index contributed by atoms with van der Waals surface area (Å²) in [6, 6.07) is 3.64. The highest BCUT2D eigenvalue weighted by molar-refractivity contribution is 6.34. The van der Waals surface area contributed by atoms with Crippen LogP contribution in [0.25, 0.3) is 0 Å². The average molecular weight is 298 g/mol. The van der Waals surface area contributed by atoms with Gasteiger partial charge < -0.3 is 5.11 Å². The Bertz CT molecular complexity index is 550. The number of halogens is 2. The number of Topliss-reactive ketones (excluding diaryl/α,β-unsaturated/α-hetero) is 1. The Kier molecular flexibility index (Phi) is 5.72.